The molecule has 1 aromatic rings. The Morgan fingerprint density at radius 3 is 2.85 bits per heavy atom. The van der Waals surface area contributed by atoms with Gasteiger partial charge in [0.15, 0.2) is 0 Å². The Morgan fingerprint density at radius 2 is 2.31 bits per heavy atom. The number of carbonyl (C=O) groups is 1. The third-order valence-corrected chi connectivity index (χ3v) is 2.09. The second-order valence-corrected chi connectivity index (χ2v) is 3.26. The molecule has 4 heteroatoms. The van der Waals surface area contributed by atoms with Gasteiger partial charge >= 0.3 is 5.97 Å². The molecule has 0 aliphatic rings. The Kier molecular flexibility index (Phi) is 3.42. The van der Waals surface area contributed by atoms with Crippen molar-refractivity contribution in [1.29, 1.82) is 0 Å². The van der Waals surface area contributed by atoms with Gasteiger partial charge in [-0.2, -0.15) is 0 Å². The fourth-order valence-corrected chi connectivity index (χ4v) is 1.46. The molecule has 70 valence electrons. The summed E-state index contributed by atoms with van der Waals surface area (Å²) in [6.45, 7) is 4.01. The molecule has 0 aliphatic carbocycles. The molecule has 0 bridgehead atoms. The van der Waals surface area contributed by atoms with E-state index in [-0.39, 0.29) is 5.97 Å². The van der Waals surface area contributed by atoms with Crippen molar-refractivity contribution in [2.24, 2.45) is 0 Å². The molecule has 0 radical (unpaired) electrons. The molecular formula is C9H10BrNO2. The zero-order valence-electron chi connectivity index (χ0n) is 7.50. The van der Waals surface area contributed by atoms with Crippen LogP contribution in [-0.4, -0.2) is 17.6 Å². The van der Waals surface area contributed by atoms with Crippen molar-refractivity contribution in [3.63, 3.8) is 0 Å². The Morgan fingerprint density at radius 1 is 1.62 bits per heavy atom. The largest absolute Gasteiger partial charge is 0.462 e. The lowest BCUT2D eigenvalue weighted by Gasteiger charge is -2.03. The molecule has 3 nitrogen and oxygen atoms in total. The van der Waals surface area contributed by atoms with E-state index in [2.05, 4.69) is 20.9 Å². The summed E-state index contributed by atoms with van der Waals surface area (Å²) in [6, 6.07) is 3.47. The van der Waals surface area contributed by atoms with Gasteiger partial charge in [-0.3, -0.25) is 0 Å². The third kappa shape index (κ3) is 2.52. The molecule has 0 atom stereocenters. The van der Waals surface area contributed by atoms with Crippen molar-refractivity contribution >= 4 is 21.9 Å². The molecule has 0 fully saturated rings. The second kappa shape index (κ2) is 4.37. The fraction of sp³-hybridized carbons (Fsp3) is 0.333. The van der Waals surface area contributed by atoms with E-state index in [1.807, 2.05) is 6.92 Å². The van der Waals surface area contributed by atoms with Crippen molar-refractivity contribution in [1.82, 2.24) is 4.98 Å². The van der Waals surface area contributed by atoms with Crippen molar-refractivity contribution in [2.45, 2.75) is 13.8 Å². The van der Waals surface area contributed by atoms with E-state index in [1.165, 1.54) is 0 Å². The summed E-state index contributed by atoms with van der Waals surface area (Å²) in [5.74, 6) is -0.345. The minimum absolute atomic E-state index is 0.345. The van der Waals surface area contributed by atoms with Crippen LogP contribution in [0.25, 0.3) is 0 Å². The number of aryl methyl sites for hydroxylation is 1. The number of rotatable bonds is 2. The average Bonchev–Trinajstić information content (AvgIpc) is 2.04. The maximum Gasteiger partial charge on any atom is 0.340 e. The molecule has 1 heterocycles. The Balaban J connectivity index is 2.95. The number of carbonyl (C=O) groups excluding carboxylic acids is 1. The van der Waals surface area contributed by atoms with E-state index in [0.29, 0.717) is 16.8 Å². The number of ether oxygens (including phenoxy) is 1. The molecule has 0 unspecified atom stereocenters. The van der Waals surface area contributed by atoms with Crippen LogP contribution in [0.5, 0.6) is 0 Å². The van der Waals surface area contributed by atoms with Crippen molar-refractivity contribution in [3.8, 4) is 0 Å². The number of nitrogens with zero attached hydrogens (tertiary/aromatic N) is 1. The van der Waals surface area contributed by atoms with Gasteiger partial charge in [-0.1, -0.05) is 0 Å². The van der Waals surface area contributed by atoms with Crippen LogP contribution in [0.3, 0.4) is 0 Å². The first kappa shape index (κ1) is 10.2. The highest BCUT2D eigenvalue weighted by atomic mass is 79.9. The summed E-state index contributed by atoms with van der Waals surface area (Å²) in [4.78, 5) is 15.4. The SMILES string of the molecule is CCOC(=O)c1ccc(C)nc1Br. The van der Waals surface area contributed by atoms with Crippen molar-refractivity contribution in [2.75, 3.05) is 6.61 Å². The van der Waals surface area contributed by atoms with E-state index < -0.39 is 0 Å². The second-order valence-electron chi connectivity index (χ2n) is 2.51. The van der Waals surface area contributed by atoms with Crippen molar-refractivity contribution in [3.05, 3.63) is 28.0 Å². The van der Waals surface area contributed by atoms with Crippen LogP contribution in [0.15, 0.2) is 16.7 Å². The highest BCUT2D eigenvalue weighted by molar-refractivity contribution is 9.10. The Hall–Kier alpha value is -0.900. The Labute approximate surface area is 85.3 Å². The topological polar surface area (TPSA) is 39.2 Å². The quantitative estimate of drug-likeness (QED) is 0.592. The zero-order chi connectivity index (χ0) is 9.84. The molecule has 0 N–H and O–H groups in total. The summed E-state index contributed by atoms with van der Waals surface area (Å²) < 4.78 is 5.37. The lowest BCUT2D eigenvalue weighted by Crippen LogP contribution is -2.06. The van der Waals surface area contributed by atoms with E-state index >= 15 is 0 Å². The summed E-state index contributed by atoms with van der Waals surface area (Å²) in [7, 11) is 0. The van der Waals surface area contributed by atoms with Gasteiger partial charge in [0.1, 0.15) is 4.60 Å². The number of esters is 1. The maximum absolute atomic E-state index is 11.3. The minimum Gasteiger partial charge on any atom is -0.462 e. The van der Waals surface area contributed by atoms with Crippen LogP contribution in [-0.2, 0) is 4.74 Å². The number of hydrogen-bond donors (Lipinski definition) is 0. The molecule has 0 amide bonds. The van der Waals surface area contributed by atoms with Crippen LogP contribution in [0.2, 0.25) is 0 Å². The maximum atomic E-state index is 11.3. The summed E-state index contributed by atoms with van der Waals surface area (Å²) in [5, 5.41) is 0. The highest BCUT2D eigenvalue weighted by Gasteiger charge is 2.11. The first-order valence-electron chi connectivity index (χ1n) is 3.95. The summed E-state index contributed by atoms with van der Waals surface area (Å²) in [5.41, 5.74) is 1.33. The third-order valence-electron chi connectivity index (χ3n) is 1.48. The van der Waals surface area contributed by atoms with Gasteiger partial charge < -0.3 is 4.74 Å². The monoisotopic (exact) mass is 243 g/mol. The number of halogens is 1. The molecule has 1 rings (SSSR count). The summed E-state index contributed by atoms with van der Waals surface area (Å²) in [6.07, 6.45) is 0. The normalized spacial score (nSPS) is 9.77. The first-order valence-corrected chi connectivity index (χ1v) is 4.74. The summed E-state index contributed by atoms with van der Waals surface area (Å²) >= 11 is 3.21. The van der Waals surface area contributed by atoms with Crippen LogP contribution in [0, 0.1) is 6.92 Å². The van der Waals surface area contributed by atoms with Crippen LogP contribution < -0.4 is 0 Å². The van der Waals surface area contributed by atoms with E-state index in [9.17, 15) is 4.79 Å². The lowest BCUT2D eigenvalue weighted by molar-refractivity contribution is 0.0524. The van der Waals surface area contributed by atoms with Gasteiger partial charge in [-0.05, 0) is 41.9 Å². The van der Waals surface area contributed by atoms with E-state index in [4.69, 9.17) is 4.74 Å². The molecule has 1 aromatic heterocycles. The van der Waals surface area contributed by atoms with Gasteiger partial charge in [0.2, 0.25) is 0 Å². The predicted molar refractivity (Wildman–Crippen MR) is 52.6 cm³/mol. The fourth-order valence-electron chi connectivity index (χ4n) is 0.886. The van der Waals surface area contributed by atoms with Gasteiger partial charge in [-0.25, -0.2) is 9.78 Å². The minimum atomic E-state index is -0.345. The lowest BCUT2D eigenvalue weighted by atomic mass is 10.2. The number of hydrogen-bond acceptors (Lipinski definition) is 3. The molecule has 0 spiro atoms. The smallest absolute Gasteiger partial charge is 0.340 e. The van der Waals surface area contributed by atoms with E-state index in [0.717, 1.165) is 5.69 Å². The molecule has 0 aromatic carbocycles. The molecule has 13 heavy (non-hydrogen) atoms. The van der Waals surface area contributed by atoms with Gasteiger partial charge in [0, 0.05) is 5.69 Å². The standard InChI is InChI=1S/C9H10BrNO2/c1-3-13-9(12)7-5-4-6(2)11-8(7)10/h4-5H,3H2,1-2H3. The van der Waals surface area contributed by atoms with Crippen LogP contribution in [0.4, 0.5) is 0 Å². The van der Waals surface area contributed by atoms with Crippen molar-refractivity contribution < 1.29 is 9.53 Å². The number of pyridine rings is 1. The first-order chi connectivity index (χ1) is 6.15. The molecule has 0 saturated heterocycles. The number of aromatic nitrogens is 1. The molecule has 0 aliphatic heterocycles. The highest BCUT2D eigenvalue weighted by Crippen LogP contribution is 2.15. The molecule has 0 saturated carbocycles. The van der Waals surface area contributed by atoms with Gasteiger partial charge in [-0.15, -0.1) is 0 Å². The van der Waals surface area contributed by atoms with Crippen LogP contribution in [0.1, 0.15) is 23.0 Å². The Bertz CT molecular complexity index is 325. The van der Waals surface area contributed by atoms with Crippen LogP contribution >= 0.6 is 15.9 Å². The van der Waals surface area contributed by atoms with Gasteiger partial charge in [0.25, 0.3) is 0 Å². The predicted octanol–water partition coefficient (Wildman–Crippen LogP) is 2.33. The zero-order valence-corrected chi connectivity index (χ0v) is 9.09. The van der Waals surface area contributed by atoms with Gasteiger partial charge in [0.05, 0.1) is 12.2 Å². The van der Waals surface area contributed by atoms with E-state index in [1.54, 1.807) is 19.1 Å². The molecular weight excluding hydrogens is 234 g/mol. The average molecular weight is 244 g/mol.